The summed E-state index contributed by atoms with van der Waals surface area (Å²) in [5.74, 6) is 0. The summed E-state index contributed by atoms with van der Waals surface area (Å²) >= 11 is 0. The maximum Gasteiger partial charge on any atom is 0.279 e. The third-order valence-electron chi connectivity index (χ3n) is 5.12. The Bertz CT molecular complexity index is 592. The van der Waals surface area contributed by atoms with Gasteiger partial charge in [0.25, 0.3) is 10.2 Å². The third kappa shape index (κ3) is 5.02. The molecule has 0 unspecified atom stereocenters. The van der Waals surface area contributed by atoms with E-state index in [4.69, 9.17) is 0 Å². The highest BCUT2D eigenvalue weighted by atomic mass is 32.2. The maximum atomic E-state index is 12.4. The molecule has 0 radical (unpaired) electrons. The fraction of sp³-hybridized carbons (Fsp3) is 0.667. The predicted molar refractivity (Wildman–Crippen MR) is 97.1 cm³/mol. The molecule has 6 heteroatoms. The molecule has 5 nitrogen and oxygen atoms in total. The SMILES string of the molecule is O=S(=O)(NC1CCN(CCc2ccccc2)CC1)N1CCCCC1. The average molecular weight is 352 g/mol. The Morgan fingerprint density at radius 2 is 1.62 bits per heavy atom. The van der Waals surface area contributed by atoms with Crippen LogP contribution in [0.15, 0.2) is 30.3 Å². The van der Waals surface area contributed by atoms with Crippen molar-refractivity contribution >= 4 is 10.2 Å². The third-order valence-corrected chi connectivity index (χ3v) is 6.79. The number of rotatable bonds is 6. The second-order valence-electron chi connectivity index (χ2n) is 6.93. The highest BCUT2D eigenvalue weighted by molar-refractivity contribution is 7.87. The van der Waals surface area contributed by atoms with Crippen molar-refractivity contribution in [3.05, 3.63) is 35.9 Å². The van der Waals surface area contributed by atoms with Crippen LogP contribution in [-0.4, -0.2) is 56.4 Å². The van der Waals surface area contributed by atoms with Crippen LogP contribution in [0.3, 0.4) is 0 Å². The van der Waals surface area contributed by atoms with Gasteiger partial charge in [-0.3, -0.25) is 0 Å². The van der Waals surface area contributed by atoms with E-state index in [9.17, 15) is 8.42 Å². The normalized spacial score (nSPS) is 21.8. The summed E-state index contributed by atoms with van der Waals surface area (Å²) in [6.45, 7) is 4.34. The van der Waals surface area contributed by atoms with Crippen LogP contribution in [-0.2, 0) is 16.6 Å². The first-order valence-electron chi connectivity index (χ1n) is 9.17. The van der Waals surface area contributed by atoms with Gasteiger partial charge in [-0.2, -0.15) is 17.4 Å². The fourth-order valence-corrected chi connectivity index (χ4v) is 5.14. The Labute approximate surface area is 146 Å². The van der Waals surface area contributed by atoms with E-state index in [0.29, 0.717) is 13.1 Å². The van der Waals surface area contributed by atoms with Crippen LogP contribution in [0, 0.1) is 0 Å². The number of piperidine rings is 2. The Kier molecular flexibility index (Phi) is 6.27. The molecule has 1 aromatic carbocycles. The fourth-order valence-electron chi connectivity index (χ4n) is 3.60. The summed E-state index contributed by atoms with van der Waals surface area (Å²) in [5.41, 5.74) is 1.37. The van der Waals surface area contributed by atoms with Gasteiger partial charge in [0.2, 0.25) is 0 Å². The first kappa shape index (κ1) is 17.9. The molecule has 134 valence electrons. The van der Waals surface area contributed by atoms with Crippen LogP contribution in [0.1, 0.15) is 37.7 Å². The molecule has 1 N–H and O–H groups in total. The van der Waals surface area contributed by atoms with Crippen molar-refractivity contribution in [2.45, 2.75) is 44.6 Å². The van der Waals surface area contributed by atoms with Crippen LogP contribution in [0.4, 0.5) is 0 Å². The lowest BCUT2D eigenvalue weighted by molar-refractivity contribution is 0.207. The van der Waals surface area contributed by atoms with E-state index in [-0.39, 0.29) is 6.04 Å². The Morgan fingerprint density at radius 1 is 0.958 bits per heavy atom. The Morgan fingerprint density at radius 3 is 2.29 bits per heavy atom. The van der Waals surface area contributed by atoms with Gasteiger partial charge in [0.1, 0.15) is 0 Å². The van der Waals surface area contributed by atoms with Gasteiger partial charge >= 0.3 is 0 Å². The number of nitrogens with zero attached hydrogens (tertiary/aromatic N) is 2. The summed E-state index contributed by atoms with van der Waals surface area (Å²) in [5, 5.41) is 0. The highest BCUT2D eigenvalue weighted by Crippen LogP contribution is 2.16. The van der Waals surface area contributed by atoms with E-state index in [1.807, 2.05) is 6.07 Å². The molecule has 0 saturated carbocycles. The quantitative estimate of drug-likeness (QED) is 0.853. The highest BCUT2D eigenvalue weighted by Gasteiger charge is 2.28. The molecule has 2 saturated heterocycles. The Hall–Kier alpha value is -0.950. The molecule has 24 heavy (non-hydrogen) atoms. The second kappa shape index (κ2) is 8.43. The smallest absolute Gasteiger partial charge is 0.279 e. The van der Waals surface area contributed by atoms with Crippen LogP contribution in [0.2, 0.25) is 0 Å². The molecule has 2 heterocycles. The van der Waals surface area contributed by atoms with Crippen molar-refractivity contribution in [3.8, 4) is 0 Å². The van der Waals surface area contributed by atoms with Gasteiger partial charge in [-0.1, -0.05) is 36.8 Å². The van der Waals surface area contributed by atoms with Crippen LogP contribution < -0.4 is 4.72 Å². The van der Waals surface area contributed by atoms with Crippen molar-refractivity contribution in [1.82, 2.24) is 13.9 Å². The van der Waals surface area contributed by atoms with Crippen molar-refractivity contribution in [1.29, 1.82) is 0 Å². The predicted octanol–water partition coefficient (Wildman–Crippen LogP) is 2.01. The van der Waals surface area contributed by atoms with Gasteiger partial charge in [-0.15, -0.1) is 0 Å². The minimum atomic E-state index is -3.29. The molecule has 0 amide bonds. The van der Waals surface area contributed by atoms with Gasteiger partial charge in [0, 0.05) is 25.7 Å². The van der Waals surface area contributed by atoms with Crippen molar-refractivity contribution < 1.29 is 8.42 Å². The number of nitrogens with one attached hydrogen (secondary N) is 1. The molecule has 0 atom stereocenters. The largest absolute Gasteiger partial charge is 0.303 e. The molecule has 3 rings (SSSR count). The second-order valence-corrected chi connectivity index (χ2v) is 8.64. The molecule has 2 aliphatic rings. The molecule has 2 fully saturated rings. The van der Waals surface area contributed by atoms with E-state index in [0.717, 1.165) is 58.2 Å². The number of likely N-dealkylation sites (tertiary alicyclic amines) is 1. The molecule has 0 bridgehead atoms. The van der Waals surface area contributed by atoms with Gasteiger partial charge in [-0.25, -0.2) is 0 Å². The summed E-state index contributed by atoms with van der Waals surface area (Å²) < 4.78 is 29.4. The lowest BCUT2D eigenvalue weighted by Crippen LogP contribution is -2.50. The molecular weight excluding hydrogens is 322 g/mol. The first-order valence-corrected chi connectivity index (χ1v) is 10.6. The first-order chi connectivity index (χ1) is 11.6. The van der Waals surface area contributed by atoms with E-state index < -0.39 is 10.2 Å². The monoisotopic (exact) mass is 351 g/mol. The van der Waals surface area contributed by atoms with E-state index >= 15 is 0 Å². The number of benzene rings is 1. The Balaban J connectivity index is 1.41. The molecule has 0 aliphatic carbocycles. The zero-order valence-corrected chi connectivity index (χ0v) is 15.2. The summed E-state index contributed by atoms with van der Waals surface area (Å²) in [6, 6.07) is 10.6. The molecule has 0 spiro atoms. The van der Waals surface area contributed by atoms with Crippen LogP contribution in [0.25, 0.3) is 0 Å². The molecular formula is C18H29N3O2S. The zero-order chi connectivity index (χ0) is 16.8. The number of hydrogen-bond donors (Lipinski definition) is 1. The maximum absolute atomic E-state index is 12.4. The van der Waals surface area contributed by atoms with E-state index in [1.54, 1.807) is 4.31 Å². The van der Waals surface area contributed by atoms with Crippen LogP contribution in [0.5, 0.6) is 0 Å². The summed E-state index contributed by atoms with van der Waals surface area (Å²) in [6.07, 6.45) is 5.98. The van der Waals surface area contributed by atoms with Crippen molar-refractivity contribution in [2.24, 2.45) is 0 Å². The summed E-state index contributed by atoms with van der Waals surface area (Å²) in [7, 11) is -3.29. The number of hydrogen-bond acceptors (Lipinski definition) is 3. The minimum Gasteiger partial charge on any atom is -0.303 e. The standard InChI is InChI=1S/C18H29N3O2S/c22-24(23,21-12-5-2-6-13-21)19-18-10-15-20(16-11-18)14-9-17-7-3-1-4-8-17/h1,3-4,7-8,18-19H,2,5-6,9-16H2. The van der Waals surface area contributed by atoms with Crippen LogP contribution >= 0.6 is 0 Å². The van der Waals surface area contributed by atoms with Gasteiger partial charge in [0.05, 0.1) is 0 Å². The van der Waals surface area contributed by atoms with E-state index in [1.165, 1.54) is 5.56 Å². The summed E-state index contributed by atoms with van der Waals surface area (Å²) in [4.78, 5) is 2.44. The van der Waals surface area contributed by atoms with Gasteiger partial charge in [0.15, 0.2) is 0 Å². The van der Waals surface area contributed by atoms with Crippen molar-refractivity contribution in [2.75, 3.05) is 32.7 Å². The van der Waals surface area contributed by atoms with E-state index in [2.05, 4.69) is 33.9 Å². The zero-order valence-electron chi connectivity index (χ0n) is 14.4. The van der Waals surface area contributed by atoms with Crippen molar-refractivity contribution in [3.63, 3.8) is 0 Å². The molecule has 0 aromatic heterocycles. The molecule has 1 aromatic rings. The topological polar surface area (TPSA) is 52.7 Å². The lowest BCUT2D eigenvalue weighted by atomic mass is 10.1. The van der Waals surface area contributed by atoms with Gasteiger partial charge < -0.3 is 4.90 Å². The lowest BCUT2D eigenvalue weighted by Gasteiger charge is -2.34. The average Bonchev–Trinajstić information content (AvgIpc) is 2.62. The molecule has 2 aliphatic heterocycles. The minimum absolute atomic E-state index is 0.0879. The van der Waals surface area contributed by atoms with Gasteiger partial charge in [-0.05, 0) is 50.8 Å².